The summed E-state index contributed by atoms with van der Waals surface area (Å²) in [6.45, 7) is 14.4. The van der Waals surface area contributed by atoms with E-state index >= 15 is 0 Å². The first-order valence-corrected chi connectivity index (χ1v) is 14.0. The molecule has 0 aliphatic heterocycles. The van der Waals surface area contributed by atoms with Crippen molar-refractivity contribution in [3.63, 3.8) is 0 Å². The first kappa shape index (κ1) is 20.2. The Morgan fingerprint density at radius 3 is 2.54 bits per heavy atom. The number of allylic oxidation sites excluding steroid dienone is 2. The average molecular weight is 399 g/mol. The molecule has 0 amide bonds. The van der Waals surface area contributed by atoms with Crippen molar-refractivity contribution in [3.05, 3.63) is 41.0 Å². The summed E-state index contributed by atoms with van der Waals surface area (Å²) in [5, 5.41) is 0.279. The molecule has 0 spiro atoms. The molecule has 4 atom stereocenters. The van der Waals surface area contributed by atoms with Crippen molar-refractivity contribution >= 4 is 8.32 Å². The van der Waals surface area contributed by atoms with Gasteiger partial charge < -0.3 is 9.16 Å². The minimum Gasteiger partial charge on any atom is -0.497 e. The normalized spacial score (nSPS) is 32.2. The minimum atomic E-state index is -1.74. The first-order chi connectivity index (χ1) is 13.1. The summed E-state index contributed by atoms with van der Waals surface area (Å²) in [4.78, 5) is 0. The van der Waals surface area contributed by atoms with E-state index in [2.05, 4.69) is 65.1 Å². The van der Waals surface area contributed by atoms with Crippen molar-refractivity contribution in [1.82, 2.24) is 0 Å². The maximum Gasteiger partial charge on any atom is 0.192 e. The zero-order chi connectivity index (χ0) is 20.3. The maximum absolute atomic E-state index is 7.01. The van der Waals surface area contributed by atoms with Crippen LogP contribution in [-0.4, -0.2) is 21.5 Å². The van der Waals surface area contributed by atoms with Crippen molar-refractivity contribution in [2.24, 2.45) is 11.3 Å². The molecule has 2 saturated carbocycles. The van der Waals surface area contributed by atoms with E-state index in [1.54, 1.807) is 18.2 Å². The van der Waals surface area contributed by atoms with Gasteiger partial charge in [-0.25, -0.2) is 0 Å². The summed E-state index contributed by atoms with van der Waals surface area (Å²) in [5.74, 6) is 2.29. The molecule has 1 aromatic carbocycles. The third-order valence-corrected chi connectivity index (χ3v) is 13.0. The van der Waals surface area contributed by atoms with Crippen molar-refractivity contribution in [2.45, 2.75) is 90.0 Å². The predicted molar refractivity (Wildman–Crippen MR) is 120 cm³/mol. The molecule has 0 unspecified atom stereocenters. The summed E-state index contributed by atoms with van der Waals surface area (Å²) < 4.78 is 12.5. The molecule has 0 heterocycles. The largest absolute Gasteiger partial charge is 0.497 e. The number of ether oxygens (including phenoxy) is 1. The molecular formula is C25H38O2Si. The van der Waals surface area contributed by atoms with Gasteiger partial charge in [0, 0.05) is 5.92 Å². The van der Waals surface area contributed by atoms with Crippen LogP contribution in [0.25, 0.3) is 0 Å². The summed E-state index contributed by atoms with van der Waals surface area (Å²) >= 11 is 0. The summed E-state index contributed by atoms with van der Waals surface area (Å²) in [6, 6.07) is 6.72. The Morgan fingerprint density at radius 2 is 1.86 bits per heavy atom. The monoisotopic (exact) mass is 398 g/mol. The molecule has 0 N–H and O–H groups in total. The van der Waals surface area contributed by atoms with Crippen molar-refractivity contribution < 1.29 is 9.16 Å². The fourth-order valence-electron chi connectivity index (χ4n) is 5.75. The van der Waals surface area contributed by atoms with Gasteiger partial charge in [0.05, 0.1) is 13.2 Å². The summed E-state index contributed by atoms with van der Waals surface area (Å²) in [7, 11) is 0.0244. The van der Waals surface area contributed by atoms with Gasteiger partial charge in [-0.2, -0.15) is 0 Å². The fourth-order valence-corrected chi connectivity index (χ4v) is 7.20. The van der Waals surface area contributed by atoms with E-state index in [0.717, 1.165) is 12.2 Å². The highest BCUT2D eigenvalue weighted by Crippen LogP contribution is 2.61. The van der Waals surface area contributed by atoms with Crippen molar-refractivity contribution in [3.8, 4) is 5.75 Å². The van der Waals surface area contributed by atoms with Crippen LogP contribution in [-0.2, 0) is 10.8 Å². The second-order valence-electron chi connectivity index (χ2n) is 11.1. The number of hydrogen-bond donors (Lipinski definition) is 0. The molecule has 3 heteroatoms. The highest BCUT2D eigenvalue weighted by molar-refractivity contribution is 6.74. The van der Waals surface area contributed by atoms with Crippen LogP contribution in [0.15, 0.2) is 29.8 Å². The molecule has 1 aromatic rings. The second kappa shape index (κ2) is 6.73. The van der Waals surface area contributed by atoms with Crippen LogP contribution in [0.1, 0.15) is 70.4 Å². The van der Waals surface area contributed by atoms with Gasteiger partial charge in [0.15, 0.2) is 8.32 Å². The Bertz CT molecular complexity index is 788. The molecule has 3 aliphatic rings. The Balaban J connectivity index is 1.60. The van der Waals surface area contributed by atoms with Gasteiger partial charge >= 0.3 is 0 Å². The molecule has 2 nitrogen and oxygen atoms in total. The molecular weight excluding hydrogens is 360 g/mol. The average Bonchev–Trinajstić information content (AvgIpc) is 2.96. The second-order valence-corrected chi connectivity index (χ2v) is 15.8. The minimum absolute atomic E-state index is 0.279. The zero-order valence-electron chi connectivity index (χ0n) is 18.9. The molecule has 2 fully saturated rings. The van der Waals surface area contributed by atoms with Gasteiger partial charge in [-0.15, -0.1) is 0 Å². The van der Waals surface area contributed by atoms with Crippen LogP contribution < -0.4 is 4.74 Å². The standard InChI is InChI=1S/C25H38O2Si/c1-24(2,3)28(6,7)27-23-13-12-22-21-10-8-17-16-18(26-5)9-11-19(17)20(21)14-15-25(22,23)4/h9-11,16,20,22-23H,8,12-15H2,1-7H3/t20-,22+,23+,25+/m1/s1. The van der Waals surface area contributed by atoms with Gasteiger partial charge in [-0.3, -0.25) is 0 Å². The van der Waals surface area contributed by atoms with E-state index in [4.69, 9.17) is 9.16 Å². The molecule has 0 aromatic heterocycles. The lowest BCUT2D eigenvalue weighted by molar-refractivity contribution is 0.0350. The topological polar surface area (TPSA) is 18.5 Å². The van der Waals surface area contributed by atoms with E-state index in [0.29, 0.717) is 23.4 Å². The first-order valence-electron chi connectivity index (χ1n) is 11.1. The SMILES string of the molecule is COc1ccc2c(c1)CC=C1[C@@H]2CC[C@]2(C)[C@@H](O[Si](C)(C)C(C)(C)C)CC[C@@H]12. The lowest BCUT2D eigenvalue weighted by atomic mass is 9.59. The lowest BCUT2D eigenvalue weighted by Crippen LogP contribution is -2.49. The number of methoxy groups -OCH3 is 1. The van der Waals surface area contributed by atoms with E-state index in [1.807, 2.05) is 0 Å². The summed E-state index contributed by atoms with van der Waals surface area (Å²) in [5.41, 5.74) is 5.03. The highest BCUT2D eigenvalue weighted by Gasteiger charge is 2.55. The number of rotatable bonds is 3. The number of hydrogen-bond acceptors (Lipinski definition) is 2. The third-order valence-electron chi connectivity index (χ3n) is 8.55. The van der Waals surface area contributed by atoms with Crippen LogP contribution in [0.3, 0.4) is 0 Å². The molecule has 154 valence electrons. The number of benzene rings is 1. The molecule has 28 heavy (non-hydrogen) atoms. The lowest BCUT2D eigenvalue weighted by Gasteiger charge is -2.49. The zero-order valence-corrected chi connectivity index (χ0v) is 19.9. The van der Waals surface area contributed by atoms with E-state index < -0.39 is 8.32 Å². The maximum atomic E-state index is 7.01. The van der Waals surface area contributed by atoms with Crippen LogP contribution in [0.4, 0.5) is 0 Å². The van der Waals surface area contributed by atoms with Crippen LogP contribution in [0, 0.1) is 11.3 Å². The van der Waals surface area contributed by atoms with Gasteiger partial charge in [-0.1, -0.05) is 45.4 Å². The molecule has 0 saturated heterocycles. The van der Waals surface area contributed by atoms with Crippen LogP contribution in [0.2, 0.25) is 18.1 Å². The molecule has 4 rings (SSSR count). The number of fused-ring (bicyclic) bond motifs is 5. The third kappa shape index (κ3) is 3.10. The highest BCUT2D eigenvalue weighted by atomic mass is 28.4. The van der Waals surface area contributed by atoms with Gasteiger partial charge in [0.25, 0.3) is 0 Å². The smallest absolute Gasteiger partial charge is 0.192 e. The van der Waals surface area contributed by atoms with Crippen molar-refractivity contribution in [1.29, 1.82) is 0 Å². The molecule has 0 radical (unpaired) electrons. The van der Waals surface area contributed by atoms with E-state index in [9.17, 15) is 0 Å². The molecule has 0 bridgehead atoms. The van der Waals surface area contributed by atoms with E-state index in [-0.39, 0.29) is 5.04 Å². The van der Waals surface area contributed by atoms with Crippen LogP contribution >= 0.6 is 0 Å². The Hall–Kier alpha value is -1.06. The van der Waals surface area contributed by atoms with Crippen LogP contribution in [0.5, 0.6) is 5.75 Å². The summed E-state index contributed by atoms with van der Waals surface area (Å²) in [6.07, 6.45) is 9.11. The quantitative estimate of drug-likeness (QED) is 0.409. The molecule has 3 aliphatic carbocycles. The van der Waals surface area contributed by atoms with Crippen molar-refractivity contribution in [2.75, 3.05) is 7.11 Å². The van der Waals surface area contributed by atoms with Gasteiger partial charge in [0.1, 0.15) is 5.75 Å². The Labute approximate surface area is 172 Å². The van der Waals surface area contributed by atoms with Gasteiger partial charge in [-0.05, 0) is 84.8 Å². The van der Waals surface area contributed by atoms with Gasteiger partial charge in [0.2, 0.25) is 0 Å². The predicted octanol–water partition coefficient (Wildman–Crippen LogP) is 6.86. The Morgan fingerprint density at radius 1 is 1.11 bits per heavy atom. The van der Waals surface area contributed by atoms with E-state index in [1.165, 1.54) is 31.2 Å². The Kier molecular flexibility index (Phi) is 4.86. The fraction of sp³-hybridized carbons (Fsp3) is 0.680.